The Hall–Kier alpha value is -2.53. The summed E-state index contributed by atoms with van der Waals surface area (Å²) >= 11 is 6.07. The highest BCUT2D eigenvalue weighted by Crippen LogP contribution is 2.23. The number of ether oxygens (including phenoxy) is 1. The molecule has 2 N–H and O–H groups in total. The second kappa shape index (κ2) is 8.36. The number of carbonyl (C=O) groups is 2. The van der Waals surface area contributed by atoms with Crippen LogP contribution in [0.1, 0.15) is 21.5 Å². The molecule has 0 bridgehead atoms. The summed E-state index contributed by atoms with van der Waals surface area (Å²) in [7, 11) is 1.31. The summed E-state index contributed by atoms with van der Waals surface area (Å²) in [6.07, 6.45) is 0. The maximum absolute atomic E-state index is 12.0. The summed E-state index contributed by atoms with van der Waals surface area (Å²) in [5.74, 6) is -0.630. The van der Waals surface area contributed by atoms with Crippen molar-refractivity contribution in [2.24, 2.45) is 0 Å². The second-order valence-corrected chi connectivity index (χ2v) is 5.71. The molecule has 0 fully saturated rings. The summed E-state index contributed by atoms with van der Waals surface area (Å²) in [6, 6.07) is 12.6. The van der Waals surface area contributed by atoms with Crippen molar-refractivity contribution in [3.63, 3.8) is 0 Å². The molecular formula is C18H19ClN2O3. The lowest BCUT2D eigenvalue weighted by molar-refractivity contribution is -0.119. The summed E-state index contributed by atoms with van der Waals surface area (Å²) in [5.41, 5.74) is 3.05. The summed E-state index contributed by atoms with van der Waals surface area (Å²) in [5, 5.41) is 6.18. The Morgan fingerprint density at radius 1 is 1.17 bits per heavy atom. The number of aryl methyl sites for hydroxylation is 1. The van der Waals surface area contributed by atoms with Gasteiger partial charge in [0.05, 0.1) is 29.9 Å². The van der Waals surface area contributed by atoms with E-state index in [9.17, 15) is 9.59 Å². The topological polar surface area (TPSA) is 67.4 Å². The van der Waals surface area contributed by atoms with Gasteiger partial charge in [0.25, 0.3) is 0 Å². The maximum atomic E-state index is 12.0. The van der Waals surface area contributed by atoms with Crippen LogP contribution in [0, 0.1) is 6.92 Å². The lowest BCUT2D eigenvalue weighted by Gasteiger charge is -2.10. The average molecular weight is 347 g/mol. The number of benzene rings is 2. The fourth-order valence-electron chi connectivity index (χ4n) is 2.17. The van der Waals surface area contributed by atoms with Crippen LogP contribution < -0.4 is 10.6 Å². The molecule has 0 aromatic heterocycles. The molecule has 6 heteroatoms. The van der Waals surface area contributed by atoms with Gasteiger partial charge in [-0.3, -0.25) is 4.79 Å². The standard InChI is InChI=1S/C18H19ClN2O3/c1-12-4-3-5-13(8-12)10-21-17(22)11-20-16-9-14(18(23)24-2)6-7-15(16)19/h3-9,20H,10-11H2,1-2H3,(H,21,22). The van der Waals surface area contributed by atoms with Crippen molar-refractivity contribution in [2.45, 2.75) is 13.5 Å². The number of esters is 1. The summed E-state index contributed by atoms with van der Waals surface area (Å²) in [4.78, 5) is 23.5. The van der Waals surface area contributed by atoms with E-state index in [1.807, 2.05) is 31.2 Å². The van der Waals surface area contributed by atoms with Crippen molar-refractivity contribution in [1.82, 2.24) is 5.32 Å². The second-order valence-electron chi connectivity index (χ2n) is 5.31. The SMILES string of the molecule is COC(=O)c1ccc(Cl)c(NCC(=O)NCc2cccc(C)c2)c1. The molecule has 0 spiro atoms. The van der Waals surface area contributed by atoms with E-state index >= 15 is 0 Å². The highest BCUT2D eigenvalue weighted by molar-refractivity contribution is 6.33. The Morgan fingerprint density at radius 3 is 2.67 bits per heavy atom. The average Bonchev–Trinajstić information content (AvgIpc) is 2.58. The van der Waals surface area contributed by atoms with Crippen LogP contribution in [0.2, 0.25) is 5.02 Å². The van der Waals surface area contributed by atoms with Crippen LogP contribution in [0.15, 0.2) is 42.5 Å². The van der Waals surface area contributed by atoms with E-state index in [1.54, 1.807) is 18.2 Å². The van der Waals surface area contributed by atoms with E-state index in [0.717, 1.165) is 11.1 Å². The smallest absolute Gasteiger partial charge is 0.337 e. The Morgan fingerprint density at radius 2 is 1.96 bits per heavy atom. The molecule has 0 aliphatic rings. The van der Waals surface area contributed by atoms with Crippen molar-refractivity contribution in [3.8, 4) is 0 Å². The van der Waals surface area contributed by atoms with E-state index in [2.05, 4.69) is 15.4 Å². The zero-order valence-electron chi connectivity index (χ0n) is 13.6. The lowest BCUT2D eigenvalue weighted by Crippen LogP contribution is -2.29. The quantitative estimate of drug-likeness (QED) is 0.788. The summed E-state index contributed by atoms with van der Waals surface area (Å²) < 4.78 is 4.66. The zero-order valence-corrected chi connectivity index (χ0v) is 14.3. The number of carbonyl (C=O) groups excluding carboxylic acids is 2. The van der Waals surface area contributed by atoms with E-state index in [4.69, 9.17) is 11.6 Å². The number of rotatable bonds is 6. The molecule has 2 aromatic rings. The van der Waals surface area contributed by atoms with Crippen LogP contribution in [0.25, 0.3) is 0 Å². The first-order valence-corrected chi connectivity index (χ1v) is 7.81. The largest absolute Gasteiger partial charge is 0.465 e. The number of methoxy groups -OCH3 is 1. The van der Waals surface area contributed by atoms with Gasteiger partial charge in [-0.05, 0) is 30.7 Å². The number of hydrogen-bond donors (Lipinski definition) is 2. The Labute approximate surface area is 146 Å². The molecule has 0 saturated carbocycles. The fraction of sp³-hybridized carbons (Fsp3) is 0.222. The van der Waals surface area contributed by atoms with Gasteiger partial charge in [0.1, 0.15) is 0 Å². The maximum Gasteiger partial charge on any atom is 0.337 e. The molecule has 0 atom stereocenters. The molecule has 2 rings (SSSR count). The van der Waals surface area contributed by atoms with Crippen LogP contribution in [0.3, 0.4) is 0 Å². The molecule has 0 aliphatic carbocycles. The van der Waals surface area contributed by atoms with Gasteiger partial charge in [0, 0.05) is 6.54 Å². The Bertz CT molecular complexity index is 747. The van der Waals surface area contributed by atoms with Gasteiger partial charge in [-0.1, -0.05) is 41.4 Å². The molecule has 126 valence electrons. The first kappa shape index (κ1) is 17.8. The predicted octanol–water partition coefficient (Wildman–Crippen LogP) is 3.16. The zero-order chi connectivity index (χ0) is 17.5. The third kappa shape index (κ3) is 4.99. The predicted molar refractivity (Wildman–Crippen MR) is 94.3 cm³/mol. The molecule has 0 unspecified atom stereocenters. The molecule has 2 aromatic carbocycles. The third-order valence-corrected chi connectivity index (χ3v) is 3.73. The minimum absolute atomic E-state index is 0.0517. The van der Waals surface area contributed by atoms with Gasteiger partial charge in [-0.2, -0.15) is 0 Å². The van der Waals surface area contributed by atoms with E-state index in [1.165, 1.54) is 7.11 Å². The van der Waals surface area contributed by atoms with Crippen molar-refractivity contribution >= 4 is 29.2 Å². The van der Waals surface area contributed by atoms with Crippen molar-refractivity contribution in [1.29, 1.82) is 0 Å². The van der Waals surface area contributed by atoms with Crippen LogP contribution in [0.5, 0.6) is 0 Å². The fourth-order valence-corrected chi connectivity index (χ4v) is 2.35. The van der Waals surface area contributed by atoms with Crippen LogP contribution >= 0.6 is 11.6 Å². The molecule has 1 amide bonds. The third-order valence-electron chi connectivity index (χ3n) is 3.40. The number of hydrogen-bond acceptors (Lipinski definition) is 4. The van der Waals surface area contributed by atoms with E-state index < -0.39 is 5.97 Å². The van der Waals surface area contributed by atoms with Crippen LogP contribution in [-0.2, 0) is 16.1 Å². The number of amides is 1. The van der Waals surface area contributed by atoms with Gasteiger partial charge >= 0.3 is 5.97 Å². The van der Waals surface area contributed by atoms with Gasteiger partial charge in [-0.25, -0.2) is 4.79 Å². The highest BCUT2D eigenvalue weighted by Gasteiger charge is 2.10. The van der Waals surface area contributed by atoms with Crippen LogP contribution in [0.4, 0.5) is 5.69 Å². The van der Waals surface area contributed by atoms with Gasteiger partial charge < -0.3 is 15.4 Å². The number of halogens is 1. The minimum atomic E-state index is -0.460. The monoisotopic (exact) mass is 346 g/mol. The highest BCUT2D eigenvalue weighted by atomic mass is 35.5. The Kier molecular flexibility index (Phi) is 6.21. The molecule has 0 aliphatic heterocycles. The van der Waals surface area contributed by atoms with Gasteiger partial charge in [-0.15, -0.1) is 0 Å². The first-order chi connectivity index (χ1) is 11.5. The van der Waals surface area contributed by atoms with Crippen molar-refractivity contribution in [3.05, 3.63) is 64.2 Å². The molecule has 0 heterocycles. The molecule has 24 heavy (non-hydrogen) atoms. The normalized spacial score (nSPS) is 10.1. The lowest BCUT2D eigenvalue weighted by atomic mass is 10.1. The van der Waals surface area contributed by atoms with Crippen molar-refractivity contribution in [2.75, 3.05) is 19.0 Å². The molecule has 5 nitrogen and oxygen atoms in total. The molecule has 0 saturated heterocycles. The van der Waals surface area contributed by atoms with Crippen molar-refractivity contribution < 1.29 is 14.3 Å². The Balaban J connectivity index is 1.90. The van der Waals surface area contributed by atoms with Crippen LogP contribution in [-0.4, -0.2) is 25.5 Å². The first-order valence-electron chi connectivity index (χ1n) is 7.43. The van der Waals surface area contributed by atoms with E-state index in [-0.39, 0.29) is 12.5 Å². The van der Waals surface area contributed by atoms with E-state index in [0.29, 0.717) is 22.8 Å². The number of anilines is 1. The molecular weight excluding hydrogens is 328 g/mol. The molecule has 0 radical (unpaired) electrons. The summed E-state index contributed by atoms with van der Waals surface area (Å²) in [6.45, 7) is 2.51. The van der Waals surface area contributed by atoms with Gasteiger partial charge in [0.2, 0.25) is 5.91 Å². The number of nitrogens with one attached hydrogen (secondary N) is 2. The van der Waals surface area contributed by atoms with Gasteiger partial charge in [0.15, 0.2) is 0 Å². The minimum Gasteiger partial charge on any atom is -0.465 e.